The molecular weight excluding hydrogens is 316 g/mol. The molecule has 1 saturated heterocycles. The maximum atomic E-state index is 12.2. The Balaban J connectivity index is 1.93. The lowest BCUT2D eigenvalue weighted by Gasteiger charge is -2.15. The lowest BCUT2D eigenvalue weighted by Crippen LogP contribution is -2.37. The highest BCUT2D eigenvalue weighted by Crippen LogP contribution is 2.16. The number of hydrogen-bond acceptors (Lipinski definition) is 4. The minimum Gasteiger partial charge on any atom is -0.481 e. The number of carboxylic acids is 1. The molecule has 1 atom stereocenters. The molecule has 1 aromatic carbocycles. The van der Waals surface area contributed by atoms with Crippen LogP contribution in [0.15, 0.2) is 29.2 Å². The molecule has 1 fully saturated rings. The summed E-state index contributed by atoms with van der Waals surface area (Å²) >= 11 is 5.74. The average molecular weight is 333 g/mol. The lowest BCUT2D eigenvalue weighted by molar-refractivity contribution is -0.137. The van der Waals surface area contributed by atoms with E-state index in [-0.39, 0.29) is 17.4 Å². The molecule has 21 heavy (non-hydrogen) atoms. The second-order valence-electron chi connectivity index (χ2n) is 5.01. The van der Waals surface area contributed by atoms with Gasteiger partial charge < -0.3 is 10.0 Å². The Morgan fingerprint density at radius 2 is 2.05 bits per heavy atom. The number of nitrogens with one attached hydrogen (secondary N) is 1. The fourth-order valence-corrected chi connectivity index (χ4v) is 3.67. The molecule has 0 spiro atoms. The van der Waals surface area contributed by atoms with Crippen LogP contribution in [0.2, 0.25) is 5.02 Å². The number of nitrogens with zero attached hydrogens (tertiary/aromatic N) is 1. The van der Waals surface area contributed by atoms with Gasteiger partial charge in [-0.05, 0) is 37.2 Å². The number of hydrogen-bond donors (Lipinski definition) is 2. The van der Waals surface area contributed by atoms with Crippen molar-refractivity contribution < 1.29 is 18.3 Å². The van der Waals surface area contributed by atoms with Crippen LogP contribution < -0.4 is 4.72 Å². The summed E-state index contributed by atoms with van der Waals surface area (Å²) in [5.74, 6) is -0.847. The first-order chi connectivity index (χ1) is 9.87. The van der Waals surface area contributed by atoms with Crippen LogP contribution in [0, 0.1) is 0 Å². The van der Waals surface area contributed by atoms with Crippen LogP contribution in [-0.4, -0.2) is 50.1 Å². The van der Waals surface area contributed by atoms with Crippen LogP contribution in [0.4, 0.5) is 0 Å². The van der Waals surface area contributed by atoms with Crippen molar-refractivity contribution in [3.63, 3.8) is 0 Å². The van der Waals surface area contributed by atoms with E-state index in [1.54, 1.807) is 0 Å². The number of carbonyl (C=O) groups is 1. The van der Waals surface area contributed by atoms with Crippen molar-refractivity contribution in [3.05, 3.63) is 29.3 Å². The molecule has 2 N–H and O–H groups in total. The van der Waals surface area contributed by atoms with E-state index in [0.717, 1.165) is 0 Å². The minimum atomic E-state index is -3.57. The van der Waals surface area contributed by atoms with Crippen LogP contribution >= 0.6 is 11.6 Å². The normalized spacial score (nSPS) is 19.8. The van der Waals surface area contributed by atoms with Crippen molar-refractivity contribution in [3.8, 4) is 0 Å². The van der Waals surface area contributed by atoms with Crippen molar-refractivity contribution >= 4 is 27.6 Å². The van der Waals surface area contributed by atoms with Gasteiger partial charge in [-0.3, -0.25) is 4.79 Å². The molecule has 0 bridgehead atoms. The number of halogens is 1. The fourth-order valence-electron chi connectivity index (χ4n) is 2.29. The van der Waals surface area contributed by atoms with Crippen molar-refractivity contribution in [2.45, 2.75) is 23.8 Å². The molecule has 1 unspecified atom stereocenters. The molecule has 0 saturated carbocycles. The highest BCUT2D eigenvalue weighted by atomic mass is 35.5. The van der Waals surface area contributed by atoms with Gasteiger partial charge in [0.15, 0.2) is 0 Å². The maximum absolute atomic E-state index is 12.2. The summed E-state index contributed by atoms with van der Waals surface area (Å²) in [5.41, 5.74) is 0. The van der Waals surface area contributed by atoms with Gasteiger partial charge in [0, 0.05) is 24.2 Å². The van der Waals surface area contributed by atoms with E-state index in [0.29, 0.717) is 31.1 Å². The maximum Gasteiger partial charge on any atom is 0.304 e. The molecule has 116 valence electrons. The van der Waals surface area contributed by atoms with Gasteiger partial charge in [0.05, 0.1) is 11.3 Å². The van der Waals surface area contributed by atoms with Gasteiger partial charge in [0.25, 0.3) is 0 Å². The monoisotopic (exact) mass is 332 g/mol. The first-order valence-corrected chi connectivity index (χ1v) is 8.45. The van der Waals surface area contributed by atoms with Gasteiger partial charge in [-0.2, -0.15) is 0 Å². The van der Waals surface area contributed by atoms with E-state index in [2.05, 4.69) is 4.72 Å². The highest BCUT2D eigenvalue weighted by molar-refractivity contribution is 7.89. The number of sulfonamides is 1. The van der Waals surface area contributed by atoms with E-state index < -0.39 is 16.0 Å². The van der Waals surface area contributed by atoms with Crippen LogP contribution in [-0.2, 0) is 14.8 Å². The smallest absolute Gasteiger partial charge is 0.304 e. The zero-order valence-electron chi connectivity index (χ0n) is 11.3. The van der Waals surface area contributed by atoms with E-state index in [4.69, 9.17) is 16.7 Å². The van der Waals surface area contributed by atoms with E-state index >= 15 is 0 Å². The highest BCUT2D eigenvalue weighted by Gasteiger charge is 2.27. The van der Waals surface area contributed by atoms with E-state index in [9.17, 15) is 13.2 Å². The Kier molecular flexibility index (Phi) is 5.21. The van der Waals surface area contributed by atoms with E-state index in [1.807, 2.05) is 4.90 Å². The summed E-state index contributed by atoms with van der Waals surface area (Å²) in [6, 6.07) is 5.79. The summed E-state index contributed by atoms with van der Waals surface area (Å²) in [6.07, 6.45) is 0.739. The third kappa shape index (κ3) is 4.67. The number of rotatable bonds is 6. The minimum absolute atomic E-state index is 0.0661. The number of benzene rings is 1. The van der Waals surface area contributed by atoms with Gasteiger partial charge in [-0.15, -0.1) is 0 Å². The molecule has 6 nitrogen and oxygen atoms in total. The Morgan fingerprint density at radius 3 is 2.67 bits per heavy atom. The van der Waals surface area contributed by atoms with Crippen LogP contribution in [0.5, 0.6) is 0 Å². The summed E-state index contributed by atoms with van der Waals surface area (Å²) < 4.78 is 27.1. The lowest BCUT2D eigenvalue weighted by atomic mass is 10.3. The SMILES string of the molecule is O=C(O)CCN1CCC(NS(=O)(=O)c2ccc(Cl)cc2)C1. The third-order valence-electron chi connectivity index (χ3n) is 3.36. The van der Waals surface area contributed by atoms with Crippen LogP contribution in [0.3, 0.4) is 0 Å². The Morgan fingerprint density at radius 1 is 1.38 bits per heavy atom. The van der Waals surface area contributed by atoms with Crippen LogP contribution in [0.1, 0.15) is 12.8 Å². The molecule has 0 radical (unpaired) electrons. The van der Waals surface area contributed by atoms with Crippen molar-refractivity contribution in [1.29, 1.82) is 0 Å². The predicted octanol–water partition coefficient (Wildman–Crippen LogP) is 1.17. The summed E-state index contributed by atoms with van der Waals surface area (Å²) in [4.78, 5) is 12.7. The zero-order valence-corrected chi connectivity index (χ0v) is 12.9. The third-order valence-corrected chi connectivity index (χ3v) is 5.15. The average Bonchev–Trinajstić information content (AvgIpc) is 2.84. The molecule has 1 aromatic rings. The predicted molar refractivity (Wildman–Crippen MR) is 78.9 cm³/mol. The summed E-state index contributed by atoms with van der Waals surface area (Å²) in [7, 11) is -3.57. The summed E-state index contributed by atoms with van der Waals surface area (Å²) in [6.45, 7) is 1.66. The fraction of sp³-hybridized carbons (Fsp3) is 0.462. The second-order valence-corrected chi connectivity index (χ2v) is 7.16. The van der Waals surface area contributed by atoms with Gasteiger partial charge in [-0.1, -0.05) is 11.6 Å². The molecular formula is C13H17ClN2O4S. The summed E-state index contributed by atoms with van der Waals surface area (Å²) in [5, 5.41) is 9.13. The van der Waals surface area contributed by atoms with Crippen molar-refractivity contribution in [2.24, 2.45) is 0 Å². The Labute approximate surface area is 128 Å². The Hall–Kier alpha value is -1.15. The number of aliphatic carboxylic acids is 1. The molecule has 0 amide bonds. The topological polar surface area (TPSA) is 86.7 Å². The standard InChI is InChI=1S/C13H17ClN2O4S/c14-10-1-3-12(4-2-10)21(19,20)15-11-5-7-16(9-11)8-6-13(17)18/h1-4,11,15H,5-9H2,(H,17,18). The van der Waals surface area contributed by atoms with Gasteiger partial charge in [0.1, 0.15) is 0 Å². The van der Waals surface area contributed by atoms with Crippen molar-refractivity contribution in [1.82, 2.24) is 9.62 Å². The van der Waals surface area contributed by atoms with Crippen LogP contribution in [0.25, 0.3) is 0 Å². The first kappa shape index (κ1) is 16.2. The zero-order chi connectivity index (χ0) is 15.5. The largest absolute Gasteiger partial charge is 0.481 e. The number of carboxylic acid groups (broad SMARTS) is 1. The Bertz CT molecular complexity index is 603. The molecule has 1 aliphatic rings. The van der Waals surface area contributed by atoms with E-state index in [1.165, 1.54) is 24.3 Å². The molecule has 1 aliphatic heterocycles. The molecule has 1 heterocycles. The number of likely N-dealkylation sites (tertiary alicyclic amines) is 1. The molecule has 0 aromatic heterocycles. The molecule has 0 aliphatic carbocycles. The van der Waals surface area contributed by atoms with Gasteiger partial charge >= 0.3 is 5.97 Å². The molecule has 8 heteroatoms. The molecule has 2 rings (SSSR count). The van der Waals surface area contributed by atoms with Crippen molar-refractivity contribution in [2.75, 3.05) is 19.6 Å². The first-order valence-electron chi connectivity index (χ1n) is 6.59. The second kappa shape index (κ2) is 6.74. The quantitative estimate of drug-likeness (QED) is 0.816. The van der Waals surface area contributed by atoms with Gasteiger partial charge in [0.2, 0.25) is 10.0 Å². The van der Waals surface area contributed by atoms with Gasteiger partial charge in [-0.25, -0.2) is 13.1 Å².